The predicted octanol–water partition coefficient (Wildman–Crippen LogP) is 3.83. The van der Waals surface area contributed by atoms with Gasteiger partial charge in [0.15, 0.2) is 0 Å². The molecule has 0 amide bonds. The zero-order valence-electron chi connectivity index (χ0n) is 13.6. The average Bonchev–Trinajstić information content (AvgIpc) is 2.47. The zero-order chi connectivity index (χ0) is 16.4. The Labute approximate surface area is 132 Å². The van der Waals surface area contributed by atoms with E-state index >= 15 is 0 Å². The third-order valence-corrected chi connectivity index (χ3v) is 2.98. The molecule has 0 aromatic heterocycles. The molecule has 0 aliphatic heterocycles. The van der Waals surface area contributed by atoms with Gasteiger partial charge in [-0.3, -0.25) is 9.59 Å². The van der Waals surface area contributed by atoms with E-state index in [1.54, 1.807) is 6.07 Å². The molecule has 1 aromatic rings. The normalized spacial score (nSPS) is 9.95. The van der Waals surface area contributed by atoms with Gasteiger partial charge in [-0.15, -0.1) is 0 Å². The number of carbonyl (C=O) groups is 2. The van der Waals surface area contributed by atoms with Crippen LogP contribution >= 0.6 is 0 Å². The van der Waals surface area contributed by atoms with E-state index < -0.39 is 11.9 Å². The molecule has 0 aliphatic rings. The first-order valence-corrected chi connectivity index (χ1v) is 7.60. The molecule has 4 heteroatoms. The number of para-hydroxylation sites is 1. The summed E-state index contributed by atoms with van der Waals surface area (Å²) in [5.41, 5.74) is 2.09. The third-order valence-electron chi connectivity index (χ3n) is 2.98. The van der Waals surface area contributed by atoms with E-state index in [2.05, 4.69) is 6.92 Å². The third kappa shape index (κ3) is 7.07. The molecule has 120 valence electrons. The van der Waals surface area contributed by atoms with Crippen LogP contribution < -0.4 is 4.74 Å². The Kier molecular flexibility index (Phi) is 7.97. The van der Waals surface area contributed by atoms with Gasteiger partial charge in [0.1, 0.15) is 12.4 Å². The average molecular weight is 304 g/mol. The lowest BCUT2D eigenvalue weighted by molar-refractivity contribution is -0.146. The maximum absolute atomic E-state index is 11.8. The summed E-state index contributed by atoms with van der Waals surface area (Å²) in [5, 5.41) is 0. The van der Waals surface area contributed by atoms with Crippen LogP contribution in [0.4, 0.5) is 0 Å². The van der Waals surface area contributed by atoms with E-state index in [-0.39, 0.29) is 19.4 Å². The van der Waals surface area contributed by atoms with Crippen LogP contribution in [0.25, 0.3) is 0 Å². The Morgan fingerprint density at radius 2 is 1.77 bits per heavy atom. The molecular weight excluding hydrogens is 280 g/mol. The standard InChI is InChI=1S/C18H24O4/c1-4-7-15-8-5-6-9-16(15)22-18(20)11-10-17(19)21-13-12-14(2)3/h5-6,8-9,12H,4,7,10-11,13H2,1-3H3. The highest BCUT2D eigenvalue weighted by molar-refractivity contribution is 5.79. The molecule has 0 atom stereocenters. The van der Waals surface area contributed by atoms with Crippen molar-refractivity contribution in [2.75, 3.05) is 6.61 Å². The second-order valence-corrected chi connectivity index (χ2v) is 5.30. The van der Waals surface area contributed by atoms with E-state index in [1.807, 2.05) is 38.1 Å². The van der Waals surface area contributed by atoms with E-state index in [4.69, 9.17) is 9.47 Å². The van der Waals surface area contributed by atoms with Gasteiger partial charge in [0.25, 0.3) is 0 Å². The number of ether oxygens (including phenoxy) is 2. The topological polar surface area (TPSA) is 52.6 Å². The second-order valence-electron chi connectivity index (χ2n) is 5.30. The highest BCUT2D eigenvalue weighted by atomic mass is 16.5. The molecule has 0 saturated heterocycles. The Balaban J connectivity index is 2.40. The van der Waals surface area contributed by atoms with Crippen LogP contribution in [0.1, 0.15) is 45.6 Å². The fraction of sp³-hybridized carbons (Fsp3) is 0.444. The van der Waals surface area contributed by atoms with Crippen LogP contribution in [0, 0.1) is 0 Å². The minimum Gasteiger partial charge on any atom is -0.461 e. The monoisotopic (exact) mass is 304 g/mol. The molecule has 0 radical (unpaired) electrons. The van der Waals surface area contributed by atoms with Crippen LogP contribution in [0.2, 0.25) is 0 Å². The first-order chi connectivity index (χ1) is 10.5. The molecule has 4 nitrogen and oxygen atoms in total. The smallest absolute Gasteiger partial charge is 0.311 e. The molecule has 1 rings (SSSR count). The van der Waals surface area contributed by atoms with Crippen molar-refractivity contribution < 1.29 is 19.1 Å². The van der Waals surface area contributed by atoms with Gasteiger partial charge in [0, 0.05) is 0 Å². The summed E-state index contributed by atoms with van der Waals surface area (Å²) in [4.78, 5) is 23.3. The number of rotatable bonds is 8. The summed E-state index contributed by atoms with van der Waals surface area (Å²) in [6.45, 7) is 6.18. The molecule has 1 aromatic carbocycles. The van der Waals surface area contributed by atoms with Crippen molar-refractivity contribution >= 4 is 11.9 Å². The van der Waals surface area contributed by atoms with Gasteiger partial charge >= 0.3 is 11.9 Å². The summed E-state index contributed by atoms with van der Waals surface area (Å²) in [7, 11) is 0. The van der Waals surface area contributed by atoms with Gasteiger partial charge in [-0.2, -0.15) is 0 Å². The molecular formula is C18H24O4. The molecule has 22 heavy (non-hydrogen) atoms. The van der Waals surface area contributed by atoms with Gasteiger partial charge in [0.05, 0.1) is 12.8 Å². The van der Waals surface area contributed by atoms with Crippen molar-refractivity contribution in [2.45, 2.75) is 46.5 Å². The lowest BCUT2D eigenvalue weighted by Gasteiger charge is -2.09. The van der Waals surface area contributed by atoms with Gasteiger partial charge in [-0.05, 0) is 38.0 Å². The molecule has 0 heterocycles. The van der Waals surface area contributed by atoms with Crippen LogP contribution in [-0.4, -0.2) is 18.5 Å². The maximum Gasteiger partial charge on any atom is 0.311 e. The summed E-state index contributed by atoms with van der Waals surface area (Å²) in [6.07, 6.45) is 3.70. The van der Waals surface area contributed by atoms with Gasteiger partial charge in [0.2, 0.25) is 0 Å². The fourth-order valence-electron chi connectivity index (χ4n) is 1.83. The quantitative estimate of drug-likeness (QED) is 0.416. The maximum atomic E-state index is 11.8. The van der Waals surface area contributed by atoms with Crippen molar-refractivity contribution in [1.82, 2.24) is 0 Å². The minimum atomic E-state index is -0.414. The van der Waals surface area contributed by atoms with Gasteiger partial charge < -0.3 is 9.47 Å². The molecule has 0 aliphatic carbocycles. The highest BCUT2D eigenvalue weighted by Gasteiger charge is 2.11. The number of hydrogen-bond donors (Lipinski definition) is 0. The van der Waals surface area contributed by atoms with Crippen molar-refractivity contribution in [2.24, 2.45) is 0 Å². The molecule has 0 spiro atoms. The number of aryl methyl sites for hydroxylation is 1. The number of allylic oxidation sites excluding steroid dienone is 1. The van der Waals surface area contributed by atoms with E-state index in [1.165, 1.54) is 0 Å². The zero-order valence-corrected chi connectivity index (χ0v) is 13.6. The Bertz CT molecular complexity index is 528. The van der Waals surface area contributed by atoms with Crippen molar-refractivity contribution in [3.05, 3.63) is 41.5 Å². The lowest BCUT2D eigenvalue weighted by Crippen LogP contribution is -2.13. The van der Waals surface area contributed by atoms with Crippen LogP contribution in [0.5, 0.6) is 5.75 Å². The highest BCUT2D eigenvalue weighted by Crippen LogP contribution is 2.20. The van der Waals surface area contributed by atoms with Gasteiger partial charge in [-0.1, -0.05) is 37.1 Å². The SMILES string of the molecule is CCCc1ccccc1OC(=O)CCC(=O)OCC=C(C)C. The molecule has 0 fully saturated rings. The van der Waals surface area contributed by atoms with E-state index in [0.29, 0.717) is 5.75 Å². The van der Waals surface area contributed by atoms with Crippen LogP contribution in [0.3, 0.4) is 0 Å². The molecule has 0 saturated carbocycles. The molecule has 0 N–H and O–H groups in total. The Hall–Kier alpha value is -2.10. The van der Waals surface area contributed by atoms with E-state index in [9.17, 15) is 9.59 Å². The predicted molar refractivity (Wildman–Crippen MR) is 85.7 cm³/mol. The fourth-order valence-corrected chi connectivity index (χ4v) is 1.83. The molecule has 0 unspecified atom stereocenters. The summed E-state index contributed by atoms with van der Waals surface area (Å²) in [6, 6.07) is 7.47. The van der Waals surface area contributed by atoms with Gasteiger partial charge in [-0.25, -0.2) is 0 Å². The number of esters is 2. The Morgan fingerprint density at radius 3 is 2.45 bits per heavy atom. The summed E-state index contributed by atoms with van der Waals surface area (Å²) in [5.74, 6) is -0.230. The first kappa shape index (κ1) is 18.0. The summed E-state index contributed by atoms with van der Waals surface area (Å²) < 4.78 is 10.3. The Morgan fingerprint density at radius 1 is 1.09 bits per heavy atom. The van der Waals surface area contributed by atoms with E-state index in [0.717, 1.165) is 24.0 Å². The first-order valence-electron chi connectivity index (χ1n) is 7.60. The summed E-state index contributed by atoms with van der Waals surface area (Å²) >= 11 is 0. The van der Waals surface area contributed by atoms with Crippen molar-refractivity contribution in [3.8, 4) is 5.75 Å². The van der Waals surface area contributed by atoms with Crippen LogP contribution in [0.15, 0.2) is 35.9 Å². The van der Waals surface area contributed by atoms with Crippen LogP contribution in [-0.2, 0) is 20.7 Å². The largest absolute Gasteiger partial charge is 0.461 e. The van der Waals surface area contributed by atoms with Crippen molar-refractivity contribution in [1.29, 1.82) is 0 Å². The lowest BCUT2D eigenvalue weighted by atomic mass is 10.1. The van der Waals surface area contributed by atoms with Crippen molar-refractivity contribution in [3.63, 3.8) is 0 Å². The second kappa shape index (κ2) is 9.77. The number of benzene rings is 1. The minimum absolute atomic E-state index is 0.0219. The number of carbonyl (C=O) groups excluding carboxylic acids is 2. The number of hydrogen-bond acceptors (Lipinski definition) is 4. The molecule has 0 bridgehead atoms.